The molecule has 88 valence electrons. The number of hydrogen-bond acceptors (Lipinski definition) is 2. The summed E-state index contributed by atoms with van der Waals surface area (Å²) >= 11 is 0. The van der Waals surface area contributed by atoms with E-state index in [0.717, 1.165) is 6.54 Å². The lowest BCUT2D eigenvalue weighted by Gasteiger charge is -2.29. The van der Waals surface area contributed by atoms with E-state index in [2.05, 4.69) is 43.3 Å². The summed E-state index contributed by atoms with van der Waals surface area (Å²) in [6, 6.07) is 8.85. The van der Waals surface area contributed by atoms with Gasteiger partial charge in [0.05, 0.1) is 0 Å². The smallest absolute Gasteiger partial charge is 0.0363 e. The van der Waals surface area contributed by atoms with E-state index in [1.54, 1.807) is 0 Å². The second kappa shape index (κ2) is 4.46. The molecule has 0 bridgehead atoms. The third kappa shape index (κ3) is 1.94. The van der Waals surface area contributed by atoms with Crippen LogP contribution in [0.15, 0.2) is 24.3 Å². The summed E-state index contributed by atoms with van der Waals surface area (Å²) in [5, 5.41) is 0. The van der Waals surface area contributed by atoms with E-state index in [0.29, 0.717) is 0 Å². The molecule has 0 aliphatic heterocycles. The first-order valence-corrected chi connectivity index (χ1v) is 6.16. The van der Waals surface area contributed by atoms with Gasteiger partial charge in [-0.3, -0.25) is 0 Å². The number of anilines is 1. The zero-order valence-electron chi connectivity index (χ0n) is 10.4. The lowest BCUT2D eigenvalue weighted by Crippen LogP contribution is -2.32. The van der Waals surface area contributed by atoms with Gasteiger partial charge in [-0.05, 0) is 30.5 Å². The van der Waals surface area contributed by atoms with Crippen LogP contribution in [0, 0.1) is 0 Å². The average Bonchev–Trinajstić information content (AvgIpc) is 2.79. The van der Waals surface area contributed by atoms with Crippen LogP contribution in [0.1, 0.15) is 31.2 Å². The minimum absolute atomic E-state index is 0.256. The molecule has 1 aliphatic carbocycles. The maximum absolute atomic E-state index is 6.01. The van der Waals surface area contributed by atoms with Gasteiger partial charge in [0.25, 0.3) is 0 Å². The maximum Gasteiger partial charge on any atom is 0.0363 e. The van der Waals surface area contributed by atoms with Crippen molar-refractivity contribution in [2.75, 3.05) is 25.5 Å². The first kappa shape index (κ1) is 11.5. The molecule has 2 N–H and O–H groups in total. The molecule has 2 heteroatoms. The number of rotatable bonds is 3. The number of hydrogen-bond donors (Lipinski definition) is 1. The zero-order chi connectivity index (χ0) is 11.6. The van der Waals surface area contributed by atoms with Gasteiger partial charge < -0.3 is 10.6 Å². The Bertz CT molecular complexity index is 352. The Kier molecular flexibility index (Phi) is 3.20. The van der Waals surface area contributed by atoms with Crippen molar-refractivity contribution in [2.45, 2.75) is 31.1 Å². The van der Waals surface area contributed by atoms with Gasteiger partial charge >= 0.3 is 0 Å². The van der Waals surface area contributed by atoms with Crippen molar-refractivity contribution in [2.24, 2.45) is 5.73 Å². The van der Waals surface area contributed by atoms with E-state index in [1.165, 1.54) is 36.9 Å². The Morgan fingerprint density at radius 3 is 2.50 bits per heavy atom. The van der Waals surface area contributed by atoms with Crippen molar-refractivity contribution in [3.63, 3.8) is 0 Å². The number of nitrogens with zero attached hydrogens (tertiary/aromatic N) is 1. The molecule has 0 saturated heterocycles. The molecule has 0 unspecified atom stereocenters. The molecular formula is C14H22N2. The highest BCUT2D eigenvalue weighted by molar-refractivity contribution is 5.49. The van der Waals surface area contributed by atoms with E-state index in [4.69, 9.17) is 5.73 Å². The molecule has 1 fully saturated rings. The highest BCUT2D eigenvalue weighted by Gasteiger charge is 2.34. The van der Waals surface area contributed by atoms with Crippen LogP contribution in [0.3, 0.4) is 0 Å². The second-order valence-electron chi connectivity index (χ2n) is 5.14. The molecule has 1 aliphatic rings. The maximum atomic E-state index is 6.01. The van der Waals surface area contributed by atoms with Gasteiger partial charge in [0.1, 0.15) is 0 Å². The highest BCUT2D eigenvalue weighted by atomic mass is 15.1. The minimum atomic E-state index is 0.256. The van der Waals surface area contributed by atoms with Gasteiger partial charge in [0.2, 0.25) is 0 Å². The molecule has 16 heavy (non-hydrogen) atoms. The van der Waals surface area contributed by atoms with E-state index >= 15 is 0 Å². The third-order valence-electron chi connectivity index (χ3n) is 3.93. The molecule has 2 nitrogen and oxygen atoms in total. The van der Waals surface area contributed by atoms with E-state index in [1.807, 2.05) is 0 Å². The fraction of sp³-hybridized carbons (Fsp3) is 0.571. The van der Waals surface area contributed by atoms with Crippen LogP contribution in [0.5, 0.6) is 0 Å². The van der Waals surface area contributed by atoms with Crippen LogP contribution in [0.4, 0.5) is 5.69 Å². The van der Waals surface area contributed by atoms with E-state index in [-0.39, 0.29) is 5.41 Å². The number of nitrogens with two attached hydrogens (primary N) is 1. The molecule has 0 atom stereocenters. The topological polar surface area (TPSA) is 29.3 Å². The molecule has 0 radical (unpaired) electrons. The molecule has 0 aromatic heterocycles. The Morgan fingerprint density at radius 2 is 1.94 bits per heavy atom. The van der Waals surface area contributed by atoms with Crippen LogP contribution in [0.2, 0.25) is 0 Å². The van der Waals surface area contributed by atoms with Crippen LogP contribution >= 0.6 is 0 Å². The quantitative estimate of drug-likeness (QED) is 0.844. The van der Waals surface area contributed by atoms with Gasteiger partial charge in [-0.25, -0.2) is 0 Å². The monoisotopic (exact) mass is 218 g/mol. The van der Waals surface area contributed by atoms with Crippen LogP contribution in [-0.4, -0.2) is 20.6 Å². The van der Waals surface area contributed by atoms with Gasteiger partial charge in [0, 0.05) is 31.7 Å². The molecule has 2 rings (SSSR count). The molecule has 1 aromatic carbocycles. The standard InChI is InChI=1S/C14H22N2/c1-16(2)13-7-5-6-12(10-13)14(11-15)8-3-4-9-14/h5-7,10H,3-4,8-9,11,15H2,1-2H3. The normalized spacial score (nSPS) is 18.7. The van der Waals surface area contributed by atoms with Gasteiger partial charge in [-0.15, -0.1) is 0 Å². The average molecular weight is 218 g/mol. The summed E-state index contributed by atoms with van der Waals surface area (Å²) < 4.78 is 0. The molecular weight excluding hydrogens is 196 g/mol. The van der Waals surface area contributed by atoms with Crippen LogP contribution < -0.4 is 10.6 Å². The lowest BCUT2D eigenvalue weighted by molar-refractivity contribution is 0.453. The first-order valence-electron chi connectivity index (χ1n) is 6.16. The van der Waals surface area contributed by atoms with Crippen molar-refractivity contribution in [1.29, 1.82) is 0 Å². The van der Waals surface area contributed by atoms with Crippen molar-refractivity contribution in [1.82, 2.24) is 0 Å². The largest absolute Gasteiger partial charge is 0.378 e. The summed E-state index contributed by atoms with van der Waals surface area (Å²) in [6.07, 6.45) is 5.15. The van der Waals surface area contributed by atoms with E-state index in [9.17, 15) is 0 Å². The number of benzene rings is 1. The lowest BCUT2D eigenvalue weighted by atomic mass is 9.79. The Morgan fingerprint density at radius 1 is 1.25 bits per heavy atom. The minimum Gasteiger partial charge on any atom is -0.378 e. The Hall–Kier alpha value is -1.02. The second-order valence-corrected chi connectivity index (χ2v) is 5.14. The molecule has 1 aromatic rings. The summed E-state index contributed by atoms with van der Waals surface area (Å²) in [7, 11) is 4.17. The van der Waals surface area contributed by atoms with Gasteiger partial charge in [-0.2, -0.15) is 0 Å². The SMILES string of the molecule is CN(C)c1cccc(C2(CN)CCCC2)c1. The summed E-state index contributed by atoms with van der Waals surface area (Å²) in [4.78, 5) is 2.16. The third-order valence-corrected chi connectivity index (χ3v) is 3.93. The zero-order valence-corrected chi connectivity index (χ0v) is 10.4. The summed E-state index contributed by atoms with van der Waals surface area (Å²) in [6.45, 7) is 0.782. The van der Waals surface area contributed by atoms with Gasteiger partial charge in [-0.1, -0.05) is 25.0 Å². The molecule has 0 heterocycles. The fourth-order valence-corrected chi connectivity index (χ4v) is 2.78. The van der Waals surface area contributed by atoms with Crippen molar-refractivity contribution < 1.29 is 0 Å². The fourth-order valence-electron chi connectivity index (χ4n) is 2.78. The molecule has 1 saturated carbocycles. The summed E-state index contributed by atoms with van der Waals surface area (Å²) in [5.74, 6) is 0. The Labute approximate surface area is 98.4 Å². The van der Waals surface area contributed by atoms with Crippen molar-refractivity contribution in [3.05, 3.63) is 29.8 Å². The molecule has 0 amide bonds. The van der Waals surface area contributed by atoms with Gasteiger partial charge in [0.15, 0.2) is 0 Å². The van der Waals surface area contributed by atoms with Crippen molar-refractivity contribution >= 4 is 5.69 Å². The van der Waals surface area contributed by atoms with Crippen LogP contribution in [-0.2, 0) is 5.41 Å². The first-order chi connectivity index (χ1) is 7.68. The van der Waals surface area contributed by atoms with Crippen LogP contribution in [0.25, 0.3) is 0 Å². The Balaban J connectivity index is 2.35. The summed E-state index contributed by atoms with van der Waals surface area (Å²) in [5.41, 5.74) is 8.97. The molecule has 0 spiro atoms. The highest BCUT2D eigenvalue weighted by Crippen LogP contribution is 2.40. The predicted octanol–water partition coefficient (Wildman–Crippen LogP) is 2.52. The van der Waals surface area contributed by atoms with Crippen molar-refractivity contribution in [3.8, 4) is 0 Å². The predicted molar refractivity (Wildman–Crippen MR) is 70.0 cm³/mol. The van der Waals surface area contributed by atoms with E-state index < -0.39 is 0 Å².